The molecule has 3 nitrogen and oxygen atoms in total. The molecule has 0 aromatic carbocycles. The molecule has 2 N–H and O–H groups in total. The van der Waals surface area contributed by atoms with Crippen LogP contribution >= 0.6 is 0 Å². The van der Waals surface area contributed by atoms with Crippen molar-refractivity contribution in [2.75, 3.05) is 6.61 Å². The second-order valence-electron chi connectivity index (χ2n) is 2.24. The lowest BCUT2D eigenvalue weighted by Crippen LogP contribution is -2.33. The van der Waals surface area contributed by atoms with Gasteiger partial charge in [0.1, 0.15) is 6.23 Å². The minimum absolute atomic E-state index is 0.191. The lowest BCUT2D eigenvalue weighted by Gasteiger charge is -2.14. The van der Waals surface area contributed by atoms with E-state index in [2.05, 4.69) is 5.48 Å². The summed E-state index contributed by atoms with van der Waals surface area (Å²) in [5, 5.41) is 9.02. The van der Waals surface area contributed by atoms with E-state index in [1.807, 2.05) is 20.8 Å². The Morgan fingerprint density at radius 1 is 1.56 bits per heavy atom. The van der Waals surface area contributed by atoms with Crippen molar-refractivity contribution >= 4 is 0 Å². The first-order valence-corrected chi connectivity index (χ1v) is 3.23. The third kappa shape index (κ3) is 4.39. The van der Waals surface area contributed by atoms with E-state index in [0.717, 1.165) is 0 Å². The monoisotopic (exact) mass is 133 g/mol. The van der Waals surface area contributed by atoms with Gasteiger partial charge in [-0.3, -0.25) is 4.84 Å². The van der Waals surface area contributed by atoms with E-state index in [1.165, 1.54) is 0 Å². The normalized spacial score (nSPS) is 14.3. The highest BCUT2D eigenvalue weighted by molar-refractivity contribution is 4.49. The standard InChI is InChI=1S/C6H15NO2/c1-4-9-7-6(8)5(2)3/h5-8H,4H2,1-3H3. The third-order valence-electron chi connectivity index (χ3n) is 0.980. The van der Waals surface area contributed by atoms with Gasteiger partial charge in [-0.05, 0) is 12.8 Å². The molecule has 0 aliphatic carbocycles. The van der Waals surface area contributed by atoms with Crippen molar-refractivity contribution in [3.05, 3.63) is 0 Å². The minimum atomic E-state index is -0.551. The van der Waals surface area contributed by atoms with E-state index >= 15 is 0 Å². The predicted molar refractivity (Wildman–Crippen MR) is 35.6 cm³/mol. The summed E-state index contributed by atoms with van der Waals surface area (Å²) in [6.07, 6.45) is -0.551. The number of hydroxylamine groups is 1. The topological polar surface area (TPSA) is 41.5 Å². The predicted octanol–water partition coefficient (Wildman–Crippen LogP) is 0.502. The zero-order valence-corrected chi connectivity index (χ0v) is 6.22. The quantitative estimate of drug-likeness (QED) is 0.433. The lowest BCUT2D eigenvalue weighted by molar-refractivity contribution is -0.0706. The van der Waals surface area contributed by atoms with Crippen molar-refractivity contribution < 1.29 is 9.94 Å². The maximum atomic E-state index is 9.02. The molecule has 0 aliphatic heterocycles. The van der Waals surface area contributed by atoms with Crippen LogP contribution in [0.1, 0.15) is 20.8 Å². The molecule has 0 fully saturated rings. The zero-order valence-electron chi connectivity index (χ0n) is 6.22. The van der Waals surface area contributed by atoms with E-state index < -0.39 is 6.23 Å². The molecule has 0 spiro atoms. The van der Waals surface area contributed by atoms with Gasteiger partial charge in [0.05, 0.1) is 6.61 Å². The van der Waals surface area contributed by atoms with Crippen LogP contribution in [0.4, 0.5) is 0 Å². The molecule has 0 radical (unpaired) electrons. The largest absolute Gasteiger partial charge is 0.376 e. The van der Waals surface area contributed by atoms with Gasteiger partial charge in [-0.25, -0.2) is 0 Å². The summed E-state index contributed by atoms with van der Waals surface area (Å²) >= 11 is 0. The Balaban J connectivity index is 3.16. The average Bonchev–Trinajstić information content (AvgIpc) is 1.82. The van der Waals surface area contributed by atoms with E-state index in [9.17, 15) is 0 Å². The van der Waals surface area contributed by atoms with Gasteiger partial charge < -0.3 is 5.11 Å². The Morgan fingerprint density at radius 3 is 2.44 bits per heavy atom. The van der Waals surface area contributed by atoms with Gasteiger partial charge in [-0.15, -0.1) is 0 Å². The molecule has 0 saturated heterocycles. The molecule has 0 amide bonds. The number of nitrogens with one attached hydrogen (secondary N) is 1. The van der Waals surface area contributed by atoms with Crippen molar-refractivity contribution in [1.29, 1.82) is 0 Å². The lowest BCUT2D eigenvalue weighted by atomic mass is 10.2. The van der Waals surface area contributed by atoms with Crippen molar-refractivity contribution in [3.8, 4) is 0 Å². The first-order valence-electron chi connectivity index (χ1n) is 3.23. The van der Waals surface area contributed by atoms with E-state index in [1.54, 1.807) is 0 Å². The Hall–Kier alpha value is -0.120. The maximum absolute atomic E-state index is 9.02. The summed E-state index contributed by atoms with van der Waals surface area (Å²) in [5.41, 5.74) is 2.49. The summed E-state index contributed by atoms with van der Waals surface area (Å²) in [4.78, 5) is 4.76. The van der Waals surface area contributed by atoms with Crippen LogP contribution in [0, 0.1) is 5.92 Å². The smallest absolute Gasteiger partial charge is 0.129 e. The summed E-state index contributed by atoms with van der Waals surface area (Å²) < 4.78 is 0. The van der Waals surface area contributed by atoms with Crippen molar-refractivity contribution in [1.82, 2.24) is 5.48 Å². The average molecular weight is 133 g/mol. The molecule has 0 aromatic heterocycles. The molecule has 9 heavy (non-hydrogen) atoms. The van der Waals surface area contributed by atoms with Crippen LogP contribution in [0.2, 0.25) is 0 Å². The Labute approximate surface area is 56.0 Å². The summed E-state index contributed by atoms with van der Waals surface area (Å²) in [7, 11) is 0. The number of aliphatic hydroxyl groups is 1. The highest BCUT2D eigenvalue weighted by Gasteiger charge is 2.06. The summed E-state index contributed by atoms with van der Waals surface area (Å²) in [5.74, 6) is 0.191. The van der Waals surface area contributed by atoms with Gasteiger partial charge in [-0.1, -0.05) is 13.8 Å². The maximum Gasteiger partial charge on any atom is 0.129 e. The van der Waals surface area contributed by atoms with Crippen molar-refractivity contribution in [2.24, 2.45) is 5.92 Å². The van der Waals surface area contributed by atoms with Crippen molar-refractivity contribution in [2.45, 2.75) is 27.0 Å². The van der Waals surface area contributed by atoms with Crippen LogP contribution in [0.5, 0.6) is 0 Å². The van der Waals surface area contributed by atoms with Gasteiger partial charge in [0.15, 0.2) is 0 Å². The van der Waals surface area contributed by atoms with E-state index in [-0.39, 0.29) is 5.92 Å². The molecule has 1 unspecified atom stereocenters. The summed E-state index contributed by atoms with van der Waals surface area (Å²) in [6.45, 7) is 6.26. The molecular formula is C6H15NO2. The van der Waals surface area contributed by atoms with Gasteiger partial charge in [0, 0.05) is 0 Å². The van der Waals surface area contributed by atoms with Crippen LogP contribution in [-0.4, -0.2) is 17.9 Å². The highest BCUT2D eigenvalue weighted by atomic mass is 16.7. The first kappa shape index (κ1) is 8.88. The van der Waals surface area contributed by atoms with Gasteiger partial charge in [0.25, 0.3) is 0 Å². The number of aliphatic hydroxyl groups excluding tert-OH is 1. The number of rotatable bonds is 4. The Kier molecular flexibility index (Phi) is 4.67. The van der Waals surface area contributed by atoms with Crippen LogP contribution < -0.4 is 5.48 Å². The first-order chi connectivity index (χ1) is 4.18. The second-order valence-corrected chi connectivity index (χ2v) is 2.24. The van der Waals surface area contributed by atoms with Crippen LogP contribution in [0.25, 0.3) is 0 Å². The number of hydrogen-bond donors (Lipinski definition) is 2. The minimum Gasteiger partial charge on any atom is -0.376 e. The fourth-order valence-corrected chi connectivity index (χ4v) is 0.305. The summed E-state index contributed by atoms with van der Waals surface area (Å²) in [6, 6.07) is 0. The fourth-order valence-electron chi connectivity index (χ4n) is 0.305. The molecule has 56 valence electrons. The van der Waals surface area contributed by atoms with Crippen LogP contribution in [-0.2, 0) is 4.84 Å². The van der Waals surface area contributed by atoms with Crippen molar-refractivity contribution in [3.63, 3.8) is 0 Å². The second kappa shape index (κ2) is 4.73. The van der Waals surface area contributed by atoms with E-state index in [0.29, 0.717) is 6.61 Å². The zero-order chi connectivity index (χ0) is 7.28. The van der Waals surface area contributed by atoms with Gasteiger partial charge in [-0.2, -0.15) is 5.48 Å². The number of hydrogen-bond acceptors (Lipinski definition) is 3. The SMILES string of the molecule is CCONC(O)C(C)C. The molecule has 0 saturated carbocycles. The molecular weight excluding hydrogens is 118 g/mol. The molecule has 0 aliphatic rings. The highest BCUT2D eigenvalue weighted by Crippen LogP contribution is 1.95. The molecule has 3 heteroatoms. The molecule has 0 aromatic rings. The van der Waals surface area contributed by atoms with Crippen LogP contribution in [0.3, 0.4) is 0 Å². The Bertz CT molecular complexity index is 66.1. The third-order valence-corrected chi connectivity index (χ3v) is 0.980. The molecule has 0 rings (SSSR count). The van der Waals surface area contributed by atoms with Gasteiger partial charge >= 0.3 is 0 Å². The molecule has 1 atom stereocenters. The van der Waals surface area contributed by atoms with Gasteiger partial charge in [0.2, 0.25) is 0 Å². The van der Waals surface area contributed by atoms with Crippen LogP contribution in [0.15, 0.2) is 0 Å². The Morgan fingerprint density at radius 2 is 2.11 bits per heavy atom. The van der Waals surface area contributed by atoms with E-state index in [4.69, 9.17) is 9.94 Å². The molecule has 0 bridgehead atoms. The molecule has 0 heterocycles. The fraction of sp³-hybridized carbons (Fsp3) is 1.00.